The van der Waals surface area contributed by atoms with Gasteiger partial charge in [-0.05, 0) is 95.2 Å². The number of unbranched alkanes of at least 4 members (excludes halogenated alkanes) is 2. The number of thiophene rings is 2. The molecule has 218 valence electrons. The van der Waals surface area contributed by atoms with Crippen LogP contribution < -0.4 is 0 Å². The summed E-state index contributed by atoms with van der Waals surface area (Å²) in [4.78, 5) is 6.15. The highest BCUT2D eigenvalue weighted by atomic mass is 32.1. The van der Waals surface area contributed by atoms with Gasteiger partial charge in [-0.15, -0.1) is 22.7 Å². The van der Waals surface area contributed by atoms with E-state index in [-0.39, 0.29) is 10.8 Å². The molecule has 0 N–H and O–H groups in total. The Labute approximate surface area is 254 Å². The third kappa shape index (κ3) is 4.78. The lowest BCUT2D eigenvalue weighted by molar-refractivity contribution is 0.442. The summed E-state index contributed by atoms with van der Waals surface area (Å²) >= 11 is 4.14. The Balaban J connectivity index is 1.86. The molecule has 0 nitrogen and oxygen atoms in total. The molecule has 2 unspecified atom stereocenters. The van der Waals surface area contributed by atoms with Gasteiger partial charge >= 0.3 is 0 Å². The van der Waals surface area contributed by atoms with Crippen LogP contribution in [-0.2, 0) is 23.7 Å². The predicted molar refractivity (Wildman–Crippen MR) is 181 cm³/mol. The van der Waals surface area contributed by atoms with E-state index in [9.17, 15) is 0 Å². The van der Waals surface area contributed by atoms with Gasteiger partial charge in [-0.2, -0.15) is 0 Å². The second kappa shape index (κ2) is 11.4. The average Bonchev–Trinajstić information content (AvgIpc) is 3.60. The maximum atomic E-state index is 2.55. The summed E-state index contributed by atoms with van der Waals surface area (Å²) in [6.07, 6.45) is 13.0. The van der Waals surface area contributed by atoms with Gasteiger partial charge in [0.15, 0.2) is 0 Å². The molecule has 0 saturated carbocycles. The minimum Gasteiger partial charge on any atom is -0.140 e. The quantitative estimate of drug-likeness (QED) is 0.202. The summed E-state index contributed by atoms with van der Waals surface area (Å²) < 4.78 is 0. The standard InChI is InChI=1S/C38H54S2/c1-11-15-17-25(13-3)21-27-31-34(38(9,10)29-19-23(5)39-35(29)31)28(22-26(14-4)18-16-12-2)32-33(27)37(7,8)30-20-24(6)40-36(30)32/h19-20,25-26H,11-18,21-22H2,1-10H3. The van der Waals surface area contributed by atoms with Gasteiger partial charge in [0, 0.05) is 30.3 Å². The van der Waals surface area contributed by atoms with Crippen LogP contribution in [0.3, 0.4) is 0 Å². The molecule has 3 aromatic rings. The van der Waals surface area contributed by atoms with Gasteiger partial charge in [-0.25, -0.2) is 0 Å². The fourth-order valence-electron chi connectivity index (χ4n) is 8.20. The van der Waals surface area contributed by atoms with Gasteiger partial charge in [0.1, 0.15) is 0 Å². The third-order valence-electron chi connectivity index (χ3n) is 10.5. The Morgan fingerprint density at radius 1 is 0.625 bits per heavy atom. The van der Waals surface area contributed by atoms with Crippen LogP contribution in [-0.4, -0.2) is 0 Å². The molecule has 2 heterocycles. The number of rotatable bonds is 12. The van der Waals surface area contributed by atoms with Crippen LogP contribution in [0.1, 0.15) is 150 Å². The van der Waals surface area contributed by atoms with Crippen molar-refractivity contribution in [1.29, 1.82) is 0 Å². The first-order valence-electron chi connectivity index (χ1n) is 16.5. The normalized spacial score (nSPS) is 17.4. The van der Waals surface area contributed by atoms with Gasteiger partial charge in [-0.1, -0.05) is 107 Å². The SMILES string of the molecule is CCCCC(CC)Cc1c2c(c(CC(CC)CCCC)c3c1C(C)(C)c1cc(C)sc1-3)C(C)(C)c1cc(C)sc1-2. The zero-order valence-corrected chi connectivity index (χ0v) is 28.8. The predicted octanol–water partition coefficient (Wildman–Crippen LogP) is 12.6. The molecule has 0 radical (unpaired) electrons. The van der Waals surface area contributed by atoms with Crippen molar-refractivity contribution in [3.63, 3.8) is 0 Å². The van der Waals surface area contributed by atoms with Crippen LogP contribution in [0.4, 0.5) is 0 Å². The summed E-state index contributed by atoms with van der Waals surface area (Å²) in [5, 5.41) is 0. The highest BCUT2D eigenvalue weighted by molar-refractivity contribution is 7.16. The number of fused-ring (bicyclic) bond motifs is 6. The van der Waals surface area contributed by atoms with Crippen LogP contribution >= 0.6 is 22.7 Å². The van der Waals surface area contributed by atoms with Crippen molar-refractivity contribution >= 4 is 22.7 Å². The summed E-state index contributed by atoms with van der Waals surface area (Å²) in [6, 6.07) is 5.07. The molecule has 2 aliphatic carbocycles. The van der Waals surface area contributed by atoms with E-state index < -0.39 is 0 Å². The number of hydrogen-bond donors (Lipinski definition) is 0. The lowest BCUT2D eigenvalue weighted by Gasteiger charge is -2.33. The van der Waals surface area contributed by atoms with Crippen molar-refractivity contribution in [3.05, 3.63) is 55.3 Å². The molecule has 2 heteroatoms. The van der Waals surface area contributed by atoms with Crippen molar-refractivity contribution in [2.24, 2.45) is 11.8 Å². The van der Waals surface area contributed by atoms with E-state index in [4.69, 9.17) is 0 Å². The maximum absolute atomic E-state index is 2.55. The summed E-state index contributed by atoms with van der Waals surface area (Å²) in [5.41, 5.74) is 13.5. The minimum absolute atomic E-state index is 0.0575. The van der Waals surface area contributed by atoms with Gasteiger partial charge in [0.05, 0.1) is 0 Å². The fourth-order valence-corrected chi connectivity index (χ4v) is 10.7. The first kappa shape index (κ1) is 30.1. The van der Waals surface area contributed by atoms with Gasteiger partial charge < -0.3 is 0 Å². The molecule has 0 fully saturated rings. The number of hydrogen-bond acceptors (Lipinski definition) is 2. The second-order valence-corrected chi connectivity index (χ2v) is 16.7. The Morgan fingerprint density at radius 2 is 1.00 bits per heavy atom. The first-order chi connectivity index (χ1) is 19.0. The topological polar surface area (TPSA) is 0 Å². The van der Waals surface area contributed by atoms with Crippen LogP contribution in [0.5, 0.6) is 0 Å². The lowest BCUT2D eigenvalue weighted by atomic mass is 9.71. The van der Waals surface area contributed by atoms with E-state index >= 15 is 0 Å². The highest BCUT2D eigenvalue weighted by Gasteiger charge is 2.48. The molecular weight excluding hydrogens is 521 g/mol. The van der Waals surface area contributed by atoms with Crippen LogP contribution in [0.2, 0.25) is 0 Å². The zero-order valence-electron chi connectivity index (χ0n) is 27.2. The van der Waals surface area contributed by atoms with Crippen molar-refractivity contribution in [1.82, 2.24) is 0 Å². The van der Waals surface area contributed by atoms with Gasteiger partial charge in [-0.3, -0.25) is 0 Å². The highest BCUT2D eigenvalue weighted by Crippen LogP contribution is 2.63. The Bertz CT molecular complexity index is 1270. The Hall–Kier alpha value is -1.38. The van der Waals surface area contributed by atoms with E-state index in [0.717, 1.165) is 11.8 Å². The molecule has 5 rings (SSSR count). The summed E-state index contributed by atoms with van der Waals surface area (Å²) in [7, 11) is 0. The van der Waals surface area contributed by atoms with Crippen LogP contribution in [0.25, 0.3) is 20.9 Å². The van der Waals surface area contributed by atoms with E-state index in [1.54, 1.807) is 54.3 Å². The third-order valence-corrected chi connectivity index (χ3v) is 12.7. The van der Waals surface area contributed by atoms with E-state index in [1.807, 2.05) is 0 Å². The molecule has 0 amide bonds. The maximum Gasteiger partial charge on any atom is 0.0392 e. The minimum atomic E-state index is 0.0575. The molecule has 0 aliphatic heterocycles. The lowest BCUT2D eigenvalue weighted by Crippen LogP contribution is -2.24. The summed E-state index contributed by atoms with van der Waals surface area (Å²) in [6.45, 7) is 24.4. The largest absolute Gasteiger partial charge is 0.140 e. The van der Waals surface area contributed by atoms with Crippen molar-refractivity contribution in [2.45, 2.75) is 144 Å². The van der Waals surface area contributed by atoms with E-state index in [0.29, 0.717) is 0 Å². The van der Waals surface area contributed by atoms with Crippen LogP contribution in [0.15, 0.2) is 12.1 Å². The van der Waals surface area contributed by atoms with Gasteiger partial charge in [0.25, 0.3) is 0 Å². The van der Waals surface area contributed by atoms with E-state index in [2.05, 4.69) is 104 Å². The first-order valence-corrected chi connectivity index (χ1v) is 18.1. The molecule has 0 spiro atoms. The van der Waals surface area contributed by atoms with Crippen LogP contribution in [0, 0.1) is 25.7 Å². The van der Waals surface area contributed by atoms with E-state index in [1.165, 1.54) is 74.0 Å². The Kier molecular flexibility index (Phi) is 8.55. The monoisotopic (exact) mass is 574 g/mol. The number of benzene rings is 1. The summed E-state index contributed by atoms with van der Waals surface area (Å²) in [5.74, 6) is 1.52. The second-order valence-electron chi connectivity index (χ2n) is 14.1. The molecule has 1 aromatic carbocycles. The van der Waals surface area contributed by atoms with Crippen molar-refractivity contribution < 1.29 is 0 Å². The molecule has 40 heavy (non-hydrogen) atoms. The van der Waals surface area contributed by atoms with Gasteiger partial charge in [0.2, 0.25) is 0 Å². The van der Waals surface area contributed by atoms with Crippen molar-refractivity contribution in [2.75, 3.05) is 0 Å². The molecule has 0 saturated heterocycles. The zero-order chi connectivity index (χ0) is 29.0. The molecule has 2 aliphatic rings. The molecule has 0 bridgehead atoms. The Morgan fingerprint density at radius 3 is 1.32 bits per heavy atom. The molecule has 2 aromatic heterocycles. The molecule has 2 atom stereocenters. The van der Waals surface area contributed by atoms with Crippen molar-refractivity contribution in [3.8, 4) is 20.9 Å². The smallest absolute Gasteiger partial charge is 0.0392 e. The average molecular weight is 575 g/mol. The number of aryl methyl sites for hydroxylation is 2. The molecular formula is C38H54S2. The fraction of sp³-hybridized carbons (Fsp3) is 0.632.